The summed E-state index contributed by atoms with van der Waals surface area (Å²) in [5, 5.41) is 5.48. The summed E-state index contributed by atoms with van der Waals surface area (Å²) in [6, 6.07) is 17.4. The zero-order chi connectivity index (χ0) is 25.7. The predicted molar refractivity (Wildman–Crippen MR) is 136 cm³/mol. The number of carbonyl (C=O) groups is 2. The Hall–Kier alpha value is -3.44. The molecule has 188 valence electrons. The van der Waals surface area contributed by atoms with Gasteiger partial charge in [-0.25, -0.2) is 8.42 Å². The number of para-hydroxylation sites is 1. The van der Waals surface area contributed by atoms with E-state index in [9.17, 15) is 18.0 Å². The number of halogens is 1. The number of nitrogens with one attached hydrogen (secondary N) is 2. The number of amides is 2. The third kappa shape index (κ3) is 5.68. The van der Waals surface area contributed by atoms with Crippen LogP contribution >= 0.6 is 11.6 Å². The molecular weight excluding hydrogens is 506 g/mol. The Kier molecular flexibility index (Phi) is 7.90. The van der Waals surface area contributed by atoms with Crippen LogP contribution in [0.15, 0.2) is 71.6 Å². The van der Waals surface area contributed by atoms with E-state index in [2.05, 4.69) is 10.6 Å². The van der Waals surface area contributed by atoms with Gasteiger partial charge in [-0.2, -0.15) is 4.31 Å². The van der Waals surface area contributed by atoms with E-state index in [0.29, 0.717) is 11.4 Å². The molecule has 1 saturated heterocycles. The maximum absolute atomic E-state index is 13.1. The summed E-state index contributed by atoms with van der Waals surface area (Å²) in [4.78, 5) is 25.8. The Morgan fingerprint density at radius 1 is 0.944 bits per heavy atom. The third-order valence-electron chi connectivity index (χ3n) is 5.53. The maximum atomic E-state index is 13.1. The Labute approximate surface area is 214 Å². The highest BCUT2D eigenvalue weighted by Gasteiger charge is 2.29. The van der Waals surface area contributed by atoms with Gasteiger partial charge in [0, 0.05) is 30.4 Å². The smallest absolute Gasteiger partial charge is 0.257 e. The molecule has 1 fully saturated rings. The predicted octanol–water partition coefficient (Wildman–Crippen LogP) is 3.87. The van der Waals surface area contributed by atoms with E-state index in [1.54, 1.807) is 48.5 Å². The van der Waals surface area contributed by atoms with Crippen LogP contribution < -0.4 is 15.4 Å². The molecule has 0 bridgehead atoms. The molecule has 3 aromatic rings. The zero-order valence-corrected chi connectivity index (χ0v) is 20.9. The van der Waals surface area contributed by atoms with Gasteiger partial charge in [-0.1, -0.05) is 29.8 Å². The highest BCUT2D eigenvalue weighted by atomic mass is 35.5. The van der Waals surface area contributed by atoms with Crippen molar-refractivity contribution in [3.8, 4) is 5.75 Å². The van der Waals surface area contributed by atoms with Crippen molar-refractivity contribution in [1.82, 2.24) is 4.31 Å². The second kappa shape index (κ2) is 11.1. The number of anilines is 2. The van der Waals surface area contributed by atoms with Crippen molar-refractivity contribution in [1.29, 1.82) is 0 Å². The van der Waals surface area contributed by atoms with Crippen molar-refractivity contribution in [2.75, 3.05) is 44.0 Å². The van der Waals surface area contributed by atoms with Crippen molar-refractivity contribution in [3.63, 3.8) is 0 Å². The first-order valence-electron chi connectivity index (χ1n) is 11.0. The number of benzene rings is 3. The Morgan fingerprint density at radius 2 is 1.69 bits per heavy atom. The summed E-state index contributed by atoms with van der Waals surface area (Å²) in [7, 11) is -2.39. The maximum Gasteiger partial charge on any atom is 0.257 e. The fraction of sp³-hybridized carbons (Fsp3) is 0.200. The molecular formula is C25H24ClN3O6S. The Balaban J connectivity index is 1.56. The molecule has 1 heterocycles. The van der Waals surface area contributed by atoms with Crippen molar-refractivity contribution < 1.29 is 27.5 Å². The molecule has 0 unspecified atom stereocenters. The number of rotatable bonds is 7. The minimum Gasteiger partial charge on any atom is -0.497 e. The van der Waals surface area contributed by atoms with E-state index < -0.39 is 21.8 Å². The van der Waals surface area contributed by atoms with E-state index in [0.717, 1.165) is 0 Å². The first kappa shape index (κ1) is 25.6. The van der Waals surface area contributed by atoms with Crippen molar-refractivity contribution >= 4 is 44.8 Å². The van der Waals surface area contributed by atoms with Crippen LogP contribution in [0.1, 0.15) is 20.7 Å². The third-order valence-corrected chi connectivity index (χ3v) is 7.91. The molecule has 2 N–H and O–H groups in total. The molecule has 0 radical (unpaired) electrons. The summed E-state index contributed by atoms with van der Waals surface area (Å²) in [5.41, 5.74) is 1.09. The number of hydrogen-bond acceptors (Lipinski definition) is 6. The fourth-order valence-corrected chi connectivity index (χ4v) is 5.56. The van der Waals surface area contributed by atoms with Gasteiger partial charge in [0.15, 0.2) is 0 Å². The second-order valence-corrected chi connectivity index (χ2v) is 10.2. The largest absolute Gasteiger partial charge is 0.497 e. The van der Waals surface area contributed by atoms with Crippen LogP contribution in [0.3, 0.4) is 0 Å². The molecule has 0 aromatic heterocycles. The number of nitrogens with zero attached hydrogens (tertiary/aromatic N) is 1. The highest BCUT2D eigenvalue weighted by Crippen LogP contribution is 2.27. The van der Waals surface area contributed by atoms with Crippen LogP contribution in [0.4, 0.5) is 11.4 Å². The number of sulfonamides is 1. The minimum absolute atomic E-state index is 0.0103. The molecule has 1 aliphatic rings. The lowest BCUT2D eigenvalue weighted by atomic mass is 10.1. The number of hydrogen-bond donors (Lipinski definition) is 2. The molecule has 4 rings (SSSR count). The summed E-state index contributed by atoms with van der Waals surface area (Å²) in [5.74, 6) is -0.447. The summed E-state index contributed by atoms with van der Waals surface area (Å²) >= 11 is 6.20. The Bertz CT molecular complexity index is 1390. The van der Waals surface area contributed by atoms with E-state index in [-0.39, 0.29) is 53.0 Å². The van der Waals surface area contributed by atoms with Gasteiger partial charge in [-0.05, 0) is 42.5 Å². The average Bonchev–Trinajstić information content (AvgIpc) is 2.89. The van der Waals surface area contributed by atoms with Gasteiger partial charge in [-0.15, -0.1) is 0 Å². The van der Waals surface area contributed by atoms with Crippen LogP contribution in [-0.4, -0.2) is 58.0 Å². The van der Waals surface area contributed by atoms with Gasteiger partial charge >= 0.3 is 0 Å². The molecule has 36 heavy (non-hydrogen) atoms. The molecule has 1 aliphatic heterocycles. The van der Waals surface area contributed by atoms with Crippen LogP contribution in [0.2, 0.25) is 5.02 Å². The summed E-state index contributed by atoms with van der Waals surface area (Å²) in [6.45, 7) is 0.965. The van der Waals surface area contributed by atoms with Gasteiger partial charge in [0.2, 0.25) is 10.0 Å². The normalized spacial score (nSPS) is 14.2. The SMILES string of the molecule is COc1cccc(NC(=O)c2ccccc2NC(=O)c2ccc(Cl)c(S(=O)(=O)N3CCOCC3)c2)c1. The lowest BCUT2D eigenvalue weighted by molar-refractivity contribution is 0.0730. The van der Waals surface area contributed by atoms with Crippen LogP contribution in [0.25, 0.3) is 0 Å². The van der Waals surface area contributed by atoms with Gasteiger partial charge in [0.05, 0.1) is 36.6 Å². The monoisotopic (exact) mass is 529 g/mol. The van der Waals surface area contributed by atoms with Crippen molar-refractivity contribution in [2.24, 2.45) is 0 Å². The van der Waals surface area contributed by atoms with Crippen LogP contribution in [-0.2, 0) is 14.8 Å². The standard InChI is InChI=1S/C25H24ClN3O6S/c1-34-19-6-4-5-18(16-19)27-25(31)20-7-2-3-8-22(20)28-24(30)17-9-10-21(26)23(15-17)36(32,33)29-11-13-35-14-12-29/h2-10,15-16H,11-14H2,1H3,(H,27,31)(H,28,30). The van der Waals surface area contributed by atoms with Gasteiger partial charge in [-0.3, -0.25) is 9.59 Å². The molecule has 11 heteroatoms. The van der Waals surface area contributed by atoms with Gasteiger partial charge in [0.25, 0.3) is 11.8 Å². The second-order valence-electron chi connectivity index (χ2n) is 7.85. The molecule has 9 nitrogen and oxygen atoms in total. The van der Waals surface area contributed by atoms with E-state index >= 15 is 0 Å². The molecule has 0 aliphatic carbocycles. The van der Waals surface area contributed by atoms with Gasteiger partial charge in [0.1, 0.15) is 10.6 Å². The van der Waals surface area contributed by atoms with E-state index in [1.165, 1.54) is 29.6 Å². The van der Waals surface area contributed by atoms with Crippen molar-refractivity contribution in [3.05, 3.63) is 82.9 Å². The molecule has 0 saturated carbocycles. The summed E-state index contributed by atoms with van der Waals surface area (Å²) in [6.07, 6.45) is 0. The van der Waals surface area contributed by atoms with Gasteiger partial charge < -0.3 is 20.1 Å². The van der Waals surface area contributed by atoms with E-state index in [4.69, 9.17) is 21.1 Å². The molecule has 0 spiro atoms. The fourth-order valence-electron chi connectivity index (χ4n) is 3.65. The number of ether oxygens (including phenoxy) is 2. The topological polar surface area (TPSA) is 114 Å². The average molecular weight is 530 g/mol. The van der Waals surface area contributed by atoms with Crippen LogP contribution in [0, 0.1) is 0 Å². The lowest BCUT2D eigenvalue weighted by Crippen LogP contribution is -2.40. The van der Waals surface area contributed by atoms with Crippen molar-refractivity contribution in [2.45, 2.75) is 4.90 Å². The molecule has 3 aromatic carbocycles. The first-order valence-corrected chi connectivity index (χ1v) is 12.8. The first-order chi connectivity index (χ1) is 17.3. The number of carbonyl (C=O) groups excluding carboxylic acids is 2. The Morgan fingerprint density at radius 3 is 2.44 bits per heavy atom. The number of methoxy groups -OCH3 is 1. The number of morpholine rings is 1. The molecule has 0 atom stereocenters. The quantitative estimate of drug-likeness (QED) is 0.480. The highest BCUT2D eigenvalue weighted by molar-refractivity contribution is 7.89. The zero-order valence-electron chi connectivity index (χ0n) is 19.4. The molecule has 2 amide bonds. The lowest BCUT2D eigenvalue weighted by Gasteiger charge is -2.26. The summed E-state index contributed by atoms with van der Waals surface area (Å²) < 4.78 is 37.9. The van der Waals surface area contributed by atoms with E-state index in [1.807, 2.05) is 0 Å². The van der Waals surface area contributed by atoms with Crippen LogP contribution in [0.5, 0.6) is 5.75 Å². The minimum atomic E-state index is -3.92.